The predicted molar refractivity (Wildman–Crippen MR) is 229 cm³/mol. The van der Waals surface area contributed by atoms with Gasteiger partial charge in [0, 0.05) is 48.8 Å². The van der Waals surface area contributed by atoms with Gasteiger partial charge in [-0.05, 0) is 66.6 Å². The number of primary amides is 1. The number of benzene rings is 3. The SMILES string of the molecule is CC(C)C(NC(=O)CCCCCNC(=O)c1ccc2ncc(CBr)nc2c1)C(=O)NCC(=O)Nc1ccc(COC(=O)NCc2ccccc2)cc1.CCCNC(N)=O. The Morgan fingerprint density at radius 3 is 2.20 bits per heavy atom. The van der Waals surface area contributed by atoms with Crippen molar-refractivity contribution in [3.63, 3.8) is 0 Å². The molecule has 0 radical (unpaired) electrons. The number of anilines is 1. The van der Waals surface area contributed by atoms with E-state index in [1.807, 2.05) is 51.1 Å². The zero-order valence-corrected chi connectivity index (χ0v) is 35.2. The lowest BCUT2D eigenvalue weighted by Gasteiger charge is -2.21. The minimum absolute atomic E-state index is 0.0631. The summed E-state index contributed by atoms with van der Waals surface area (Å²) in [4.78, 5) is 81.3. The van der Waals surface area contributed by atoms with Gasteiger partial charge in [-0.25, -0.2) is 14.6 Å². The van der Waals surface area contributed by atoms with Crippen LogP contribution < -0.4 is 37.6 Å². The summed E-state index contributed by atoms with van der Waals surface area (Å²) in [6.45, 7) is 6.87. The number of rotatable bonds is 20. The fourth-order valence-electron chi connectivity index (χ4n) is 5.31. The van der Waals surface area contributed by atoms with Crippen molar-refractivity contribution in [3.8, 4) is 0 Å². The molecule has 0 saturated heterocycles. The molecular formula is C42H54BrN9O7. The van der Waals surface area contributed by atoms with Gasteiger partial charge in [-0.2, -0.15) is 0 Å². The number of halogens is 1. The van der Waals surface area contributed by atoms with Crippen molar-refractivity contribution in [1.82, 2.24) is 36.6 Å². The number of nitrogens with two attached hydrogens (primary N) is 1. The second-order valence-corrected chi connectivity index (χ2v) is 14.3. The first-order valence-corrected chi connectivity index (χ1v) is 20.5. The lowest BCUT2D eigenvalue weighted by Crippen LogP contribution is -2.51. The van der Waals surface area contributed by atoms with E-state index in [2.05, 4.69) is 57.8 Å². The van der Waals surface area contributed by atoms with Crippen LogP contribution in [0.2, 0.25) is 0 Å². The number of nitrogens with zero attached hydrogens (tertiary/aromatic N) is 2. The Hall–Kier alpha value is -6.10. The monoisotopic (exact) mass is 875 g/mol. The van der Waals surface area contributed by atoms with E-state index in [4.69, 9.17) is 10.5 Å². The minimum atomic E-state index is -0.805. The van der Waals surface area contributed by atoms with E-state index in [1.54, 1.807) is 48.7 Å². The van der Waals surface area contributed by atoms with Gasteiger partial charge >= 0.3 is 12.1 Å². The van der Waals surface area contributed by atoms with Gasteiger partial charge in [0.2, 0.25) is 17.7 Å². The van der Waals surface area contributed by atoms with Gasteiger partial charge in [-0.1, -0.05) is 85.6 Å². The number of urea groups is 1. The number of ether oxygens (including phenoxy) is 1. The van der Waals surface area contributed by atoms with Crippen LogP contribution in [0.5, 0.6) is 0 Å². The maximum atomic E-state index is 12.9. The van der Waals surface area contributed by atoms with Crippen molar-refractivity contribution in [1.29, 1.82) is 0 Å². The Kier molecular flexibility index (Phi) is 20.8. The van der Waals surface area contributed by atoms with Gasteiger partial charge in [-0.15, -0.1) is 0 Å². The number of alkyl carbamates (subject to hydrolysis) is 1. The first kappa shape index (κ1) is 47.3. The molecule has 1 atom stereocenters. The van der Waals surface area contributed by atoms with Crippen LogP contribution in [0, 0.1) is 5.92 Å². The summed E-state index contributed by atoms with van der Waals surface area (Å²) in [6.07, 6.45) is 4.30. The number of hydrogen-bond donors (Lipinski definition) is 7. The second kappa shape index (κ2) is 26.0. The highest BCUT2D eigenvalue weighted by Gasteiger charge is 2.24. The van der Waals surface area contributed by atoms with Crippen LogP contribution in [-0.4, -0.2) is 71.4 Å². The summed E-state index contributed by atoms with van der Waals surface area (Å²) in [5, 5.41) is 16.7. The average molecular weight is 877 g/mol. The molecule has 7 amide bonds. The Balaban J connectivity index is 0.00000122. The number of unbranched alkanes of at least 4 members (excludes halogenated alkanes) is 2. The Bertz CT molecular complexity index is 1980. The number of hydrogen-bond acceptors (Lipinski definition) is 9. The molecule has 59 heavy (non-hydrogen) atoms. The van der Waals surface area contributed by atoms with E-state index < -0.39 is 30.0 Å². The van der Waals surface area contributed by atoms with Crippen LogP contribution in [-0.2, 0) is 37.6 Å². The highest BCUT2D eigenvalue weighted by atomic mass is 79.9. The van der Waals surface area contributed by atoms with E-state index in [9.17, 15) is 28.8 Å². The molecule has 0 aliphatic rings. The number of alkyl halides is 1. The maximum absolute atomic E-state index is 12.9. The lowest BCUT2D eigenvalue weighted by molar-refractivity contribution is -0.130. The van der Waals surface area contributed by atoms with Crippen LogP contribution in [0.25, 0.3) is 11.0 Å². The third-order valence-corrected chi connectivity index (χ3v) is 9.06. The highest BCUT2D eigenvalue weighted by Crippen LogP contribution is 2.14. The van der Waals surface area contributed by atoms with E-state index in [1.165, 1.54) is 0 Å². The van der Waals surface area contributed by atoms with Crippen molar-refractivity contribution in [2.45, 2.75) is 77.4 Å². The van der Waals surface area contributed by atoms with Crippen LogP contribution in [0.3, 0.4) is 0 Å². The fourth-order valence-corrected chi connectivity index (χ4v) is 5.58. The van der Waals surface area contributed by atoms with Gasteiger partial charge in [-0.3, -0.25) is 24.2 Å². The van der Waals surface area contributed by atoms with Gasteiger partial charge < -0.3 is 42.4 Å². The first-order valence-electron chi connectivity index (χ1n) is 19.4. The first-order chi connectivity index (χ1) is 28.4. The third kappa shape index (κ3) is 18.4. The Morgan fingerprint density at radius 2 is 1.54 bits per heavy atom. The Labute approximate surface area is 352 Å². The smallest absolute Gasteiger partial charge is 0.407 e. The van der Waals surface area contributed by atoms with Gasteiger partial charge in [0.05, 0.1) is 23.3 Å². The van der Waals surface area contributed by atoms with Gasteiger partial charge in [0.1, 0.15) is 12.6 Å². The summed E-state index contributed by atoms with van der Waals surface area (Å²) in [7, 11) is 0. The topological polar surface area (TPSA) is 236 Å². The van der Waals surface area contributed by atoms with Crippen molar-refractivity contribution in [3.05, 3.63) is 101 Å². The molecule has 1 aromatic heterocycles. The fraction of sp³-hybridized carbons (Fsp3) is 0.381. The highest BCUT2D eigenvalue weighted by molar-refractivity contribution is 9.08. The minimum Gasteiger partial charge on any atom is -0.445 e. The Morgan fingerprint density at radius 1 is 0.797 bits per heavy atom. The van der Waals surface area contributed by atoms with Crippen molar-refractivity contribution >= 4 is 68.4 Å². The molecule has 0 saturated carbocycles. The zero-order chi connectivity index (χ0) is 43.0. The molecule has 4 rings (SSSR count). The lowest BCUT2D eigenvalue weighted by atomic mass is 10.0. The average Bonchev–Trinajstić information content (AvgIpc) is 3.24. The number of carbonyl (C=O) groups is 6. The molecule has 0 spiro atoms. The van der Waals surface area contributed by atoms with Crippen LogP contribution in [0.15, 0.2) is 79.0 Å². The van der Waals surface area contributed by atoms with E-state index in [-0.39, 0.29) is 37.3 Å². The standard InChI is InChI=1S/C38H44BrN7O6.C4H10N2O/c1-25(2)35(46-33(47)11-7-4-8-18-40-36(49)28-14-17-31-32(19-28)44-30(20-39)22-41-31)37(50)42-23-34(48)45-29-15-12-27(13-16-29)24-52-38(51)43-21-26-9-5-3-6-10-26;1-2-3-6-4(5)7/h3,5-6,9-10,12-17,19,22,25,35H,4,7-8,11,18,20-21,23-24H2,1-2H3,(H,40,49)(H,42,50)(H,43,51)(H,45,48)(H,46,47);2-3H2,1H3,(H3,5,6,7). The summed E-state index contributed by atoms with van der Waals surface area (Å²) in [5.41, 5.74) is 9.59. The number of aromatic nitrogens is 2. The quantitative estimate of drug-likeness (QED) is 0.0456. The molecule has 0 aliphatic heterocycles. The summed E-state index contributed by atoms with van der Waals surface area (Å²) in [6, 6.07) is 20.2. The molecule has 8 N–H and O–H groups in total. The van der Waals surface area contributed by atoms with Crippen molar-refractivity contribution in [2.75, 3.05) is 25.0 Å². The number of fused-ring (bicyclic) bond motifs is 1. The molecule has 1 heterocycles. The molecule has 4 aromatic rings. The van der Waals surface area contributed by atoms with Crippen LogP contribution in [0.4, 0.5) is 15.3 Å². The third-order valence-electron chi connectivity index (χ3n) is 8.48. The molecule has 1 unspecified atom stereocenters. The molecule has 0 fully saturated rings. The number of amides is 7. The summed E-state index contributed by atoms with van der Waals surface area (Å²) < 4.78 is 5.25. The van der Waals surface area contributed by atoms with Gasteiger partial charge in [0.15, 0.2) is 0 Å². The van der Waals surface area contributed by atoms with E-state index in [0.717, 1.165) is 23.2 Å². The van der Waals surface area contributed by atoms with Crippen molar-refractivity contribution < 1.29 is 33.5 Å². The van der Waals surface area contributed by atoms with Gasteiger partial charge in [0.25, 0.3) is 5.91 Å². The van der Waals surface area contributed by atoms with E-state index >= 15 is 0 Å². The second-order valence-electron chi connectivity index (χ2n) is 13.7. The van der Waals surface area contributed by atoms with E-state index in [0.29, 0.717) is 66.5 Å². The van der Waals surface area contributed by atoms with Crippen LogP contribution >= 0.6 is 15.9 Å². The molecule has 16 nitrogen and oxygen atoms in total. The normalized spacial score (nSPS) is 11.0. The summed E-state index contributed by atoms with van der Waals surface area (Å²) in [5.74, 6) is -1.56. The number of nitrogens with one attached hydrogen (secondary N) is 6. The maximum Gasteiger partial charge on any atom is 0.407 e. The largest absolute Gasteiger partial charge is 0.445 e. The molecule has 0 bridgehead atoms. The predicted octanol–water partition coefficient (Wildman–Crippen LogP) is 5.20. The molecule has 0 aliphatic carbocycles. The summed E-state index contributed by atoms with van der Waals surface area (Å²) >= 11 is 3.36. The molecule has 3 aromatic carbocycles. The number of carbonyl (C=O) groups excluding carboxylic acids is 6. The van der Waals surface area contributed by atoms with Crippen LogP contribution in [0.1, 0.15) is 80.1 Å². The zero-order valence-electron chi connectivity index (χ0n) is 33.6. The van der Waals surface area contributed by atoms with Crippen molar-refractivity contribution in [2.24, 2.45) is 11.7 Å². The molecule has 316 valence electrons. The molecular weight excluding hydrogens is 822 g/mol. The molecule has 17 heteroatoms.